The summed E-state index contributed by atoms with van der Waals surface area (Å²) in [5, 5.41) is 4.34. The van der Waals surface area contributed by atoms with Crippen molar-refractivity contribution in [2.45, 2.75) is 33.1 Å². The van der Waals surface area contributed by atoms with Crippen LogP contribution in [-0.4, -0.2) is 84.6 Å². The number of rotatable bonds is 12. The summed E-state index contributed by atoms with van der Waals surface area (Å²) in [4.78, 5) is 29.0. The third kappa shape index (κ3) is 8.56. The number of carbonyl (C=O) groups is 2. The molecule has 3 aromatic carbocycles. The third-order valence-electron chi connectivity index (χ3n) is 7.70. The van der Waals surface area contributed by atoms with Gasteiger partial charge in [0.2, 0.25) is 10.0 Å². The summed E-state index contributed by atoms with van der Waals surface area (Å²) in [7, 11) is -1.04. The lowest BCUT2D eigenvalue weighted by Crippen LogP contribution is -2.38. The molecule has 1 saturated heterocycles. The van der Waals surface area contributed by atoms with Crippen LogP contribution in [-0.2, 0) is 34.5 Å². The van der Waals surface area contributed by atoms with Crippen molar-refractivity contribution in [1.82, 2.24) is 4.90 Å². The van der Waals surface area contributed by atoms with Crippen LogP contribution in [0.2, 0.25) is 0 Å². The van der Waals surface area contributed by atoms with Crippen molar-refractivity contribution >= 4 is 49.6 Å². The predicted octanol–water partition coefficient (Wildman–Crippen LogP) is 4.81. The largest absolute Gasteiger partial charge is 0.492 e. The summed E-state index contributed by atoms with van der Waals surface area (Å²) < 4.78 is 49.8. The average molecular weight is 654 g/mol. The first-order valence-electron chi connectivity index (χ1n) is 15.2. The quantitative estimate of drug-likeness (QED) is 0.209. The fourth-order valence-corrected chi connectivity index (χ4v) is 5.69. The number of anilines is 2. The summed E-state index contributed by atoms with van der Waals surface area (Å²) >= 11 is 0. The molecule has 46 heavy (non-hydrogen) atoms. The number of methoxy groups -OCH3 is 2. The first-order chi connectivity index (χ1) is 21.9. The highest BCUT2D eigenvalue weighted by atomic mass is 32.2. The maximum Gasteiger partial charge on any atom is 0.331 e. The zero-order valence-corrected chi connectivity index (χ0v) is 28.1. The van der Waals surface area contributed by atoms with Crippen LogP contribution in [0.5, 0.6) is 11.5 Å². The molecule has 248 valence electrons. The minimum atomic E-state index is -3.67. The van der Waals surface area contributed by atoms with Gasteiger partial charge in [-0.2, -0.15) is 0 Å². The monoisotopic (exact) mass is 653 g/mol. The molecule has 0 aromatic heterocycles. The van der Waals surface area contributed by atoms with Gasteiger partial charge in [-0.3, -0.25) is 14.4 Å². The van der Waals surface area contributed by atoms with Gasteiger partial charge in [0.15, 0.2) is 5.75 Å². The molecule has 1 aliphatic rings. The van der Waals surface area contributed by atoms with Crippen molar-refractivity contribution in [2.75, 3.05) is 69.5 Å². The van der Waals surface area contributed by atoms with Crippen LogP contribution in [0.1, 0.15) is 38.8 Å². The van der Waals surface area contributed by atoms with E-state index in [1.807, 2.05) is 45.0 Å². The molecule has 12 heteroatoms. The zero-order valence-electron chi connectivity index (χ0n) is 27.3. The highest BCUT2D eigenvalue weighted by molar-refractivity contribution is 7.92. The second-order valence-electron chi connectivity index (χ2n) is 11.9. The Morgan fingerprint density at radius 3 is 2.30 bits per heavy atom. The third-order valence-corrected chi connectivity index (χ3v) is 8.99. The number of ether oxygens (including phenoxy) is 4. The molecule has 1 fully saturated rings. The van der Waals surface area contributed by atoms with Gasteiger partial charge in [0.05, 0.1) is 50.1 Å². The Morgan fingerprint density at radius 1 is 1.00 bits per heavy atom. The Bertz CT molecular complexity index is 1710. The van der Waals surface area contributed by atoms with Gasteiger partial charge in [-0.15, -0.1) is 0 Å². The topological polar surface area (TPSA) is 132 Å². The first kappa shape index (κ1) is 34.7. The van der Waals surface area contributed by atoms with Crippen molar-refractivity contribution in [3.63, 3.8) is 0 Å². The fraction of sp³-hybridized carbons (Fsp3) is 0.412. The molecule has 0 unspecified atom stereocenters. The zero-order chi connectivity index (χ0) is 33.5. The van der Waals surface area contributed by atoms with Gasteiger partial charge in [0.1, 0.15) is 12.4 Å². The lowest BCUT2D eigenvalue weighted by atomic mass is 9.86. The van der Waals surface area contributed by atoms with E-state index in [9.17, 15) is 18.0 Å². The lowest BCUT2D eigenvalue weighted by molar-refractivity contribution is -0.134. The number of amides is 1. The molecule has 1 aliphatic heterocycles. The van der Waals surface area contributed by atoms with Crippen molar-refractivity contribution in [1.29, 1.82) is 0 Å². The highest BCUT2D eigenvalue weighted by Crippen LogP contribution is 2.40. The van der Waals surface area contributed by atoms with E-state index >= 15 is 0 Å². The standard InChI is InChI=1S/C34H43N3O8S/c1-7-46(40,41)36-29-21-23(34(2,3)4)20-28(32(29)43-6)35-33(39)27(22-31(38)42-5)25-12-13-30(26-11-9-8-10-24(25)26)45-19-16-37-14-17-44-18-15-37/h8-13,20-22,36H,7,14-19H2,1-6H3,(H,35,39)/b27-22-. The smallest absolute Gasteiger partial charge is 0.331 e. The normalized spacial score (nSPS) is 14.5. The molecular weight excluding hydrogens is 610 g/mol. The Balaban J connectivity index is 1.74. The van der Waals surface area contributed by atoms with E-state index in [4.69, 9.17) is 18.9 Å². The van der Waals surface area contributed by atoms with E-state index in [2.05, 4.69) is 14.9 Å². The second kappa shape index (κ2) is 15.0. The number of hydrogen-bond donors (Lipinski definition) is 2. The summed E-state index contributed by atoms with van der Waals surface area (Å²) in [6, 6.07) is 14.4. The molecule has 3 aromatic rings. The summed E-state index contributed by atoms with van der Waals surface area (Å²) in [6.07, 6.45) is 1.14. The highest BCUT2D eigenvalue weighted by Gasteiger charge is 2.25. The minimum absolute atomic E-state index is 0.0434. The molecule has 0 aliphatic carbocycles. The molecule has 0 radical (unpaired) electrons. The van der Waals surface area contributed by atoms with E-state index in [1.54, 1.807) is 24.3 Å². The lowest BCUT2D eigenvalue weighted by Gasteiger charge is -2.26. The number of nitrogens with one attached hydrogen (secondary N) is 2. The van der Waals surface area contributed by atoms with E-state index < -0.39 is 27.3 Å². The number of hydrogen-bond acceptors (Lipinski definition) is 9. The van der Waals surface area contributed by atoms with Gasteiger partial charge in [-0.25, -0.2) is 13.2 Å². The van der Waals surface area contributed by atoms with Gasteiger partial charge < -0.3 is 24.3 Å². The molecular formula is C34H43N3O8S. The second-order valence-corrected chi connectivity index (χ2v) is 13.9. The van der Waals surface area contributed by atoms with Crippen molar-refractivity contribution in [3.8, 4) is 11.5 Å². The molecule has 1 amide bonds. The van der Waals surface area contributed by atoms with Crippen LogP contribution in [0.3, 0.4) is 0 Å². The van der Waals surface area contributed by atoms with Crippen LogP contribution in [0.4, 0.5) is 11.4 Å². The molecule has 4 rings (SSSR count). The van der Waals surface area contributed by atoms with E-state index in [1.165, 1.54) is 21.1 Å². The number of esters is 1. The molecule has 0 bridgehead atoms. The van der Waals surface area contributed by atoms with Crippen LogP contribution >= 0.6 is 0 Å². The van der Waals surface area contributed by atoms with Crippen molar-refractivity contribution < 1.29 is 37.0 Å². The van der Waals surface area contributed by atoms with Gasteiger partial charge in [-0.05, 0) is 53.1 Å². The Kier molecular flexibility index (Phi) is 11.3. The number of sulfonamides is 1. The minimum Gasteiger partial charge on any atom is -0.492 e. The molecule has 0 saturated carbocycles. The molecule has 0 spiro atoms. The maximum atomic E-state index is 14.1. The Morgan fingerprint density at radius 2 is 1.67 bits per heavy atom. The fourth-order valence-electron chi connectivity index (χ4n) is 5.06. The molecule has 0 atom stereocenters. The van der Waals surface area contributed by atoms with Crippen LogP contribution < -0.4 is 19.5 Å². The van der Waals surface area contributed by atoms with Crippen LogP contribution in [0, 0.1) is 0 Å². The Hall–Kier alpha value is -4.13. The molecule has 2 N–H and O–H groups in total. The molecule has 11 nitrogen and oxygen atoms in total. The average Bonchev–Trinajstić information content (AvgIpc) is 3.03. The van der Waals surface area contributed by atoms with Crippen molar-refractivity contribution in [3.05, 3.63) is 65.7 Å². The number of benzene rings is 3. The SMILES string of the molecule is CCS(=O)(=O)Nc1cc(C(C)(C)C)cc(NC(=O)/C(=C\C(=O)OC)c2ccc(OCCN3CCOCC3)c3ccccc23)c1OC. The molecule has 1 heterocycles. The van der Waals surface area contributed by atoms with Gasteiger partial charge in [-0.1, -0.05) is 45.0 Å². The number of fused-ring (bicyclic) bond motifs is 1. The van der Waals surface area contributed by atoms with E-state index in [-0.39, 0.29) is 28.5 Å². The first-order valence-corrected chi connectivity index (χ1v) is 16.8. The van der Waals surface area contributed by atoms with E-state index in [0.29, 0.717) is 36.5 Å². The van der Waals surface area contributed by atoms with Gasteiger partial charge >= 0.3 is 5.97 Å². The number of morpholine rings is 1. The summed E-state index contributed by atoms with van der Waals surface area (Å²) in [6.45, 7) is 11.8. The maximum absolute atomic E-state index is 14.1. The van der Waals surface area contributed by atoms with Gasteiger partial charge in [0.25, 0.3) is 5.91 Å². The van der Waals surface area contributed by atoms with Gasteiger partial charge in [0, 0.05) is 31.1 Å². The Labute approximate surface area is 270 Å². The van der Waals surface area contributed by atoms with Crippen LogP contribution in [0.15, 0.2) is 54.6 Å². The predicted molar refractivity (Wildman–Crippen MR) is 180 cm³/mol. The summed E-state index contributed by atoms with van der Waals surface area (Å²) in [5.74, 6) is -0.705. The van der Waals surface area contributed by atoms with E-state index in [0.717, 1.165) is 36.7 Å². The van der Waals surface area contributed by atoms with Crippen molar-refractivity contribution in [2.24, 2.45) is 0 Å². The summed E-state index contributed by atoms with van der Waals surface area (Å²) in [5.41, 5.74) is 1.29. The number of carbonyl (C=O) groups excluding carboxylic acids is 2. The number of nitrogens with zero attached hydrogens (tertiary/aromatic N) is 1. The van der Waals surface area contributed by atoms with Crippen LogP contribution in [0.25, 0.3) is 16.3 Å².